The Morgan fingerprint density at radius 3 is 2.95 bits per heavy atom. The predicted octanol–water partition coefficient (Wildman–Crippen LogP) is 1.69. The highest BCUT2D eigenvalue weighted by atomic mass is 16.3. The van der Waals surface area contributed by atoms with Crippen LogP contribution >= 0.6 is 0 Å². The molecule has 1 heterocycles. The lowest BCUT2D eigenvalue weighted by Crippen LogP contribution is -2.44. The van der Waals surface area contributed by atoms with Gasteiger partial charge in [-0.05, 0) is 30.4 Å². The maximum absolute atomic E-state index is 11.0. The van der Waals surface area contributed by atoms with Gasteiger partial charge in [0, 0.05) is 19.0 Å². The minimum absolute atomic E-state index is 0.400. The lowest BCUT2D eigenvalue weighted by Gasteiger charge is -2.42. The molecule has 3 N–H and O–H groups in total. The predicted molar refractivity (Wildman–Crippen MR) is 78.3 cm³/mol. The van der Waals surface area contributed by atoms with Crippen LogP contribution in [0.1, 0.15) is 35.8 Å². The summed E-state index contributed by atoms with van der Waals surface area (Å²) < 4.78 is 1.87. The molecule has 0 spiro atoms. The smallest absolute Gasteiger partial charge is 0.106 e. The molecule has 3 rings (SSSR count). The Kier molecular flexibility index (Phi) is 3.36. The molecule has 1 aliphatic carbocycles. The Bertz CT molecular complexity index is 607. The number of hydrogen-bond donors (Lipinski definition) is 2. The van der Waals surface area contributed by atoms with E-state index in [-0.39, 0.29) is 0 Å². The molecule has 4 nitrogen and oxygen atoms in total. The van der Waals surface area contributed by atoms with Crippen LogP contribution in [-0.2, 0) is 18.9 Å². The average molecular weight is 271 g/mol. The number of imidazole rings is 1. The SMILES string of the molecule is Cn1cncc1C(O)C1(CN)CCCc2ccccc21. The van der Waals surface area contributed by atoms with Crippen LogP contribution in [0.15, 0.2) is 36.8 Å². The number of benzene rings is 1. The number of aliphatic hydroxyl groups is 1. The van der Waals surface area contributed by atoms with E-state index in [4.69, 9.17) is 5.73 Å². The third-order valence-corrected chi connectivity index (χ3v) is 4.64. The second-order valence-corrected chi connectivity index (χ2v) is 5.70. The molecule has 1 aliphatic rings. The van der Waals surface area contributed by atoms with Crippen LogP contribution < -0.4 is 5.73 Å². The Morgan fingerprint density at radius 1 is 1.45 bits per heavy atom. The summed E-state index contributed by atoms with van der Waals surface area (Å²) in [4.78, 5) is 4.12. The Balaban J connectivity index is 2.11. The van der Waals surface area contributed by atoms with Crippen molar-refractivity contribution in [1.29, 1.82) is 0 Å². The molecular formula is C16H21N3O. The molecule has 106 valence electrons. The maximum atomic E-state index is 11.0. The normalized spacial score (nSPS) is 23.4. The lowest BCUT2D eigenvalue weighted by atomic mass is 9.66. The standard InChI is InChI=1S/C16H21N3O/c1-19-11-18-9-14(19)15(20)16(10-17)8-4-6-12-5-2-3-7-13(12)16/h2-3,5,7,9,11,15,20H,4,6,8,10,17H2,1H3. The Morgan fingerprint density at radius 2 is 2.25 bits per heavy atom. The van der Waals surface area contributed by atoms with Gasteiger partial charge in [-0.1, -0.05) is 24.3 Å². The van der Waals surface area contributed by atoms with Gasteiger partial charge in [0.1, 0.15) is 6.10 Å². The first-order valence-electron chi connectivity index (χ1n) is 7.12. The van der Waals surface area contributed by atoms with E-state index in [1.807, 2.05) is 17.7 Å². The number of rotatable bonds is 3. The molecule has 2 atom stereocenters. The van der Waals surface area contributed by atoms with Crippen LogP contribution in [0.5, 0.6) is 0 Å². The van der Waals surface area contributed by atoms with E-state index in [1.54, 1.807) is 12.5 Å². The fraction of sp³-hybridized carbons (Fsp3) is 0.438. The van der Waals surface area contributed by atoms with Crippen LogP contribution in [0.4, 0.5) is 0 Å². The van der Waals surface area contributed by atoms with E-state index >= 15 is 0 Å². The van der Waals surface area contributed by atoms with Crippen LogP contribution in [0.25, 0.3) is 0 Å². The van der Waals surface area contributed by atoms with Gasteiger partial charge in [0.25, 0.3) is 0 Å². The zero-order valence-electron chi connectivity index (χ0n) is 11.8. The molecule has 1 aromatic heterocycles. The van der Waals surface area contributed by atoms with E-state index in [2.05, 4.69) is 23.2 Å². The fourth-order valence-corrected chi connectivity index (χ4v) is 3.47. The molecule has 20 heavy (non-hydrogen) atoms. The minimum atomic E-state index is -0.624. The van der Waals surface area contributed by atoms with Gasteiger partial charge in [0.15, 0.2) is 0 Å². The Labute approximate surface area is 119 Å². The van der Waals surface area contributed by atoms with Gasteiger partial charge in [-0.3, -0.25) is 0 Å². The quantitative estimate of drug-likeness (QED) is 0.893. The van der Waals surface area contributed by atoms with Crippen molar-refractivity contribution in [2.45, 2.75) is 30.8 Å². The molecule has 1 aromatic carbocycles. The second kappa shape index (κ2) is 5.04. The number of hydrogen-bond acceptors (Lipinski definition) is 3. The van der Waals surface area contributed by atoms with Crippen molar-refractivity contribution in [3.05, 3.63) is 53.6 Å². The fourth-order valence-electron chi connectivity index (χ4n) is 3.47. The van der Waals surface area contributed by atoms with E-state index in [1.165, 1.54) is 11.1 Å². The summed E-state index contributed by atoms with van der Waals surface area (Å²) in [7, 11) is 1.91. The van der Waals surface area contributed by atoms with Crippen molar-refractivity contribution in [3.63, 3.8) is 0 Å². The van der Waals surface area contributed by atoms with Crippen molar-refractivity contribution in [1.82, 2.24) is 9.55 Å². The number of nitrogens with zero attached hydrogens (tertiary/aromatic N) is 2. The van der Waals surface area contributed by atoms with Crippen LogP contribution in [0.3, 0.4) is 0 Å². The van der Waals surface area contributed by atoms with E-state index in [9.17, 15) is 5.11 Å². The first-order chi connectivity index (χ1) is 9.69. The van der Waals surface area contributed by atoms with Crippen molar-refractivity contribution < 1.29 is 5.11 Å². The maximum Gasteiger partial charge on any atom is 0.106 e. The topological polar surface area (TPSA) is 64.1 Å². The molecule has 0 fully saturated rings. The molecule has 0 amide bonds. The van der Waals surface area contributed by atoms with Gasteiger partial charge < -0.3 is 15.4 Å². The van der Waals surface area contributed by atoms with Crippen molar-refractivity contribution >= 4 is 0 Å². The Hall–Kier alpha value is -1.65. The second-order valence-electron chi connectivity index (χ2n) is 5.70. The first-order valence-corrected chi connectivity index (χ1v) is 7.12. The largest absolute Gasteiger partial charge is 0.386 e. The van der Waals surface area contributed by atoms with Crippen LogP contribution in [-0.4, -0.2) is 21.2 Å². The number of aromatic nitrogens is 2. The summed E-state index contributed by atoms with van der Waals surface area (Å²) >= 11 is 0. The van der Waals surface area contributed by atoms with Gasteiger partial charge in [-0.25, -0.2) is 4.98 Å². The highest BCUT2D eigenvalue weighted by molar-refractivity contribution is 5.39. The van der Waals surface area contributed by atoms with Crippen LogP contribution in [0.2, 0.25) is 0 Å². The van der Waals surface area contributed by atoms with E-state index in [0.717, 1.165) is 25.0 Å². The number of aryl methyl sites for hydroxylation is 2. The molecule has 0 bridgehead atoms. The third-order valence-electron chi connectivity index (χ3n) is 4.64. The summed E-state index contributed by atoms with van der Waals surface area (Å²) in [5, 5.41) is 11.0. The minimum Gasteiger partial charge on any atom is -0.386 e. The number of aliphatic hydroxyl groups excluding tert-OH is 1. The number of nitrogens with two attached hydrogens (primary N) is 1. The zero-order valence-corrected chi connectivity index (χ0v) is 11.8. The highest BCUT2D eigenvalue weighted by Gasteiger charge is 2.43. The zero-order chi connectivity index (χ0) is 14.2. The van der Waals surface area contributed by atoms with E-state index < -0.39 is 11.5 Å². The van der Waals surface area contributed by atoms with Crippen molar-refractivity contribution in [3.8, 4) is 0 Å². The summed E-state index contributed by atoms with van der Waals surface area (Å²) in [5.41, 5.74) is 9.05. The highest BCUT2D eigenvalue weighted by Crippen LogP contribution is 2.45. The van der Waals surface area contributed by atoms with Crippen LogP contribution in [0, 0.1) is 0 Å². The van der Waals surface area contributed by atoms with Crippen molar-refractivity contribution in [2.75, 3.05) is 6.54 Å². The molecule has 0 saturated carbocycles. The van der Waals surface area contributed by atoms with Gasteiger partial charge >= 0.3 is 0 Å². The summed E-state index contributed by atoms with van der Waals surface area (Å²) in [5.74, 6) is 0. The van der Waals surface area contributed by atoms with Gasteiger partial charge in [0.05, 0.1) is 18.2 Å². The molecule has 2 unspecified atom stereocenters. The molecule has 2 aromatic rings. The van der Waals surface area contributed by atoms with Crippen molar-refractivity contribution in [2.24, 2.45) is 12.8 Å². The molecule has 0 aliphatic heterocycles. The van der Waals surface area contributed by atoms with Gasteiger partial charge in [0.2, 0.25) is 0 Å². The monoisotopic (exact) mass is 271 g/mol. The molecular weight excluding hydrogens is 250 g/mol. The average Bonchev–Trinajstić information content (AvgIpc) is 2.92. The third kappa shape index (κ3) is 1.87. The lowest BCUT2D eigenvalue weighted by molar-refractivity contribution is 0.0657. The summed E-state index contributed by atoms with van der Waals surface area (Å²) in [6.07, 6.45) is 5.87. The van der Waals surface area contributed by atoms with Gasteiger partial charge in [-0.2, -0.15) is 0 Å². The summed E-state index contributed by atoms with van der Waals surface area (Å²) in [6, 6.07) is 8.35. The van der Waals surface area contributed by atoms with E-state index in [0.29, 0.717) is 6.54 Å². The molecule has 0 radical (unpaired) electrons. The molecule has 0 saturated heterocycles. The van der Waals surface area contributed by atoms with Gasteiger partial charge in [-0.15, -0.1) is 0 Å². The number of fused-ring (bicyclic) bond motifs is 1. The first kappa shape index (κ1) is 13.3. The molecule has 4 heteroatoms. The summed E-state index contributed by atoms with van der Waals surface area (Å²) in [6.45, 7) is 0.441.